The number of carbonyl (C=O) groups is 3. The SMILES string of the molecule is COc1cccc(NC(=O)c2ccccc2N2C(=O)[C@@H]3[C@@H]4CC[C@@H](C4)[C@@H]3C2=O)c1. The fourth-order valence-corrected chi connectivity index (χ4v) is 5.41. The lowest BCUT2D eigenvalue weighted by Gasteiger charge is -2.20. The van der Waals surface area contributed by atoms with Gasteiger partial charge in [-0.25, -0.2) is 4.90 Å². The van der Waals surface area contributed by atoms with Gasteiger partial charge in [0.15, 0.2) is 0 Å². The average Bonchev–Trinajstić information content (AvgIpc) is 3.42. The van der Waals surface area contributed by atoms with E-state index < -0.39 is 0 Å². The van der Waals surface area contributed by atoms with Gasteiger partial charge in [0, 0.05) is 11.8 Å². The summed E-state index contributed by atoms with van der Waals surface area (Å²) >= 11 is 0. The quantitative estimate of drug-likeness (QED) is 0.811. The molecule has 3 fully saturated rings. The first-order chi connectivity index (χ1) is 14.1. The first kappa shape index (κ1) is 17.9. The van der Waals surface area contributed by atoms with Gasteiger partial charge in [0.05, 0.1) is 30.2 Å². The van der Waals surface area contributed by atoms with Crippen LogP contribution in [0.5, 0.6) is 5.75 Å². The Labute approximate surface area is 168 Å². The van der Waals surface area contributed by atoms with Crippen LogP contribution in [0.3, 0.4) is 0 Å². The Bertz CT molecular complexity index is 989. The van der Waals surface area contributed by atoms with E-state index >= 15 is 0 Å². The monoisotopic (exact) mass is 390 g/mol. The molecule has 2 bridgehead atoms. The van der Waals surface area contributed by atoms with E-state index in [-0.39, 0.29) is 29.6 Å². The third-order valence-corrected chi connectivity index (χ3v) is 6.64. The molecule has 4 atom stereocenters. The van der Waals surface area contributed by atoms with Gasteiger partial charge in [0.1, 0.15) is 5.75 Å². The van der Waals surface area contributed by atoms with Crippen LogP contribution in [0.25, 0.3) is 0 Å². The molecule has 29 heavy (non-hydrogen) atoms. The van der Waals surface area contributed by atoms with Crippen molar-refractivity contribution in [3.63, 3.8) is 0 Å². The van der Waals surface area contributed by atoms with Gasteiger partial charge in [-0.2, -0.15) is 0 Å². The predicted molar refractivity (Wildman–Crippen MR) is 108 cm³/mol. The van der Waals surface area contributed by atoms with Gasteiger partial charge in [0.25, 0.3) is 5.91 Å². The van der Waals surface area contributed by atoms with Crippen LogP contribution < -0.4 is 15.0 Å². The Morgan fingerprint density at radius 3 is 2.38 bits per heavy atom. The highest BCUT2D eigenvalue weighted by molar-refractivity contribution is 6.25. The number of ether oxygens (including phenoxy) is 1. The molecule has 1 N–H and O–H groups in total. The summed E-state index contributed by atoms with van der Waals surface area (Å²) in [6, 6.07) is 13.9. The zero-order valence-corrected chi connectivity index (χ0v) is 16.1. The molecule has 0 radical (unpaired) electrons. The Hall–Kier alpha value is -3.15. The Morgan fingerprint density at radius 2 is 1.69 bits per heavy atom. The third-order valence-electron chi connectivity index (χ3n) is 6.64. The molecule has 2 saturated carbocycles. The van der Waals surface area contributed by atoms with E-state index in [0.29, 0.717) is 34.5 Å². The second kappa shape index (κ2) is 6.72. The van der Waals surface area contributed by atoms with Gasteiger partial charge in [-0.15, -0.1) is 0 Å². The Morgan fingerprint density at radius 1 is 1.00 bits per heavy atom. The minimum absolute atomic E-state index is 0.145. The van der Waals surface area contributed by atoms with Crippen LogP contribution in [0.15, 0.2) is 48.5 Å². The molecule has 2 aromatic rings. The highest BCUT2D eigenvalue weighted by atomic mass is 16.5. The minimum atomic E-state index is -0.366. The van der Waals surface area contributed by atoms with Crippen molar-refractivity contribution in [2.45, 2.75) is 19.3 Å². The molecule has 6 nitrogen and oxygen atoms in total. The average molecular weight is 390 g/mol. The van der Waals surface area contributed by atoms with Crippen LogP contribution in [-0.4, -0.2) is 24.8 Å². The predicted octanol–water partition coefficient (Wildman–Crippen LogP) is 3.48. The van der Waals surface area contributed by atoms with Crippen LogP contribution in [0.2, 0.25) is 0 Å². The number of amides is 3. The molecule has 2 aliphatic carbocycles. The molecule has 6 heteroatoms. The molecule has 1 aliphatic heterocycles. The summed E-state index contributed by atoms with van der Waals surface area (Å²) in [5, 5.41) is 2.84. The number of hydrogen-bond donors (Lipinski definition) is 1. The summed E-state index contributed by atoms with van der Waals surface area (Å²) in [4.78, 5) is 40.6. The number of nitrogens with one attached hydrogen (secondary N) is 1. The van der Waals surface area contributed by atoms with Gasteiger partial charge >= 0.3 is 0 Å². The largest absolute Gasteiger partial charge is 0.497 e. The zero-order valence-electron chi connectivity index (χ0n) is 16.1. The molecule has 0 unspecified atom stereocenters. The highest BCUT2D eigenvalue weighted by Gasteiger charge is 2.61. The first-order valence-electron chi connectivity index (χ1n) is 10.0. The summed E-state index contributed by atoms with van der Waals surface area (Å²) in [6.45, 7) is 0. The van der Waals surface area contributed by atoms with E-state index in [2.05, 4.69) is 5.32 Å². The highest BCUT2D eigenvalue weighted by Crippen LogP contribution is 2.56. The van der Waals surface area contributed by atoms with E-state index in [1.165, 1.54) is 4.90 Å². The molecule has 2 aromatic carbocycles. The smallest absolute Gasteiger partial charge is 0.257 e. The lowest BCUT2D eigenvalue weighted by atomic mass is 9.81. The fraction of sp³-hybridized carbons (Fsp3) is 0.348. The van der Waals surface area contributed by atoms with Crippen molar-refractivity contribution >= 4 is 29.1 Å². The molecule has 0 aromatic heterocycles. The van der Waals surface area contributed by atoms with Crippen molar-refractivity contribution in [3.05, 3.63) is 54.1 Å². The lowest BCUT2D eigenvalue weighted by Crippen LogP contribution is -2.34. The van der Waals surface area contributed by atoms with E-state index in [1.807, 2.05) is 0 Å². The topological polar surface area (TPSA) is 75.7 Å². The minimum Gasteiger partial charge on any atom is -0.497 e. The second-order valence-electron chi connectivity index (χ2n) is 8.10. The summed E-state index contributed by atoms with van der Waals surface area (Å²) in [7, 11) is 1.56. The van der Waals surface area contributed by atoms with Crippen molar-refractivity contribution in [1.82, 2.24) is 0 Å². The van der Waals surface area contributed by atoms with Gasteiger partial charge in [0.2, 0.25) is 11.8 Å². The van der Waals surface area contributed by atoms with E-state index in [4.69, 9.17) is 4.74 Å². The second-order valence-corrected chi connectivity index (χ2v) is 8.10. The van der Waals surface area contributed by atoms with Gasteiger partial charge < -0.3 is 10.1 Å². The molecule has 148 valence electrons. The van der Waals surface area contributed by atoms with Gasteiger partial charge in [-0.3, -0.25) is 14.4 Å². The first-order valence-corrected chi connectivity index (χ1v) is 10.0. The molecule has 3 aliphatic rings. The number of hydrogen-bond acceptors (Lipinski definition) is 4. The van der Waals surface area contributed by atoms with Crippen molar-refractivity contribution in [2.75, 3.05) is 17.3 Å². The number of nitrogens with zero attached hydrogens (tertiary/aromatic N) is 1. The number of carbonyl (C=O) groups excluding carboxylic acids is 3. The molecule has 3 amide bonds. The summed E-state index contributed by atoms with van der Waals surface area (Å²) in [5.41, 5.74) is 1.26. The molecular weight excluding hydrogens is 368 g/mol. The molecule has 1 saturated heterocycles. The number of benzene rings is 2. The molecule has 0 spiro atoms. The van der Waals surface area contributed by atoms with E-state index in [0.717, 1.165) is 19.3 Å². The number of fused-ring (bicyclic) bond motifs is 5. The van der Waals surface area contributed by atoms with Gasteiger partial charge in [-0.1, -0.05) is 18.2 Å². The maximum absolute atomic E-state index is 13.2. The van der Waals surface area contributed by atoms with Crippen LogP contribution in [0.4, 0.5) is 11.4 Å². The zero-order chi connectivity index (χ0) is 20.1. The number of methoxy groups -OCH3 is 1. The van der Waals surface area contributed by atoms with Gasteiger partial charge in [-0.05, 0) is 55.4 Å². The van der Waals surface area contributed by atoms with Crippen LogP contribution in [0.1, 0.15) is 29.6 Å². The Balaban J connectivity index is 1.46. The summed E-state index contributed by atoms with van der Waals surface area (Å²) < 4.78 is 5.19. The van der Waals surface area contributed by atoms with E-state index in [9.17, 15) is 14.4 Å². The number of rotatable bonds is 4. The van der Waals surface area contributed by atoms with Crippen molar-refractivity contribution in [3.8, 4) is 5.75 Å². The molecule has 1 heterocycles. The summed E-state index contributed by atoms with van der Waals surface area (Å²) in [6.07, 6.45) is 3.03. The number of para-hydroxylation sites is 1. The van der Waals surface area contributed by atoms with E-state index in [1.54, 1.807) is 55.6 Å². The maximum atomic E-state index is 13.2. The van der Waals surface area contributed by atoms with Crippen LogP contribution in [0, 0.1) is 23.7 Å². The third kappa shape index (κ3) is 2.74. The number of imide groups is 1. The van der Waals surface area contributed by atoms with Crippen LogP contribution in [-0.2, 0) is 9.59 Å². The normalized spacial score (nSPS) is 27.3. The van der Waals surface area contributed by atoms with Crippen LogP contribution >= 0.6 is 0 Å². The van der Waals surface area contributed by atoms with Crippen molar-refractivity contribution < 1.29 is 19.1 Å². The number of anilines is 2. The summed E-state index contributed by atoms with van der Waals surface area (Å²) in [5.74, 6) is 0.168. The standard InChI is InChI=1S/C23H22N2O4/c1-29-16-6-4-5-15(12-16)24-21(26)17-7-2-3-8-18(17)25-22(27)19-13-9-10-14(11-13)20(19)23(25)28/h2-8,12-14,19-20H,9-11H2,1H3,(H,24,26)/t13-,14+,19-,20+. The Kier molecular flexibility index (Phi) is 4.15. The maximum Gasteiger partial charge on any atom is 0.257 e. The lowest BCUT2D eigenvalue weighted by molar-refractivity contribution is -0.123. The molecule has 5 rings (SSSR count). The molecular formula is C23H22N2O4. The van der Waals surface area contributed by atoms with Crippen molar-refractivity contribution in [2.24, 2.45) is 23.7 Å². The fourth-order valence-electron chi connectivity index (χ4n) is 5.41. The van der Waals surface area contributed by atoms with Crippen molar-refractivity contribution in [1.29, 1.82) is 0 Å².